The van der Waals surface area contributed by atoms with Crippen molar-refractivity contribution in [2.24, 2.45) is 0 Å². The SMILES string of the molecule is N#CSCC(=O)c1ccc(Cl)cc1. The highest BCUT2D eigenvalue weighted by Gasteiger charge is 2.04. The summed E-state index contributed by atoms with van der Waals surface area (Å²) in [5.41, 5.74) is 0.590. The molecule has 66 valence electrons. The van der Waals surface area contributed by atoms with Gasteiger partial charge in [-0.2, -0.15) is 5.26 Å². The van der Waals surface area contributed by atoms with Gasteiger partial charge in [-0.3, -0.25) is 4.79 Å². The van der Waals surface area contributed by atoms with Crippen LogP contribution in [0.1, 0.15) is 10.4 Å². The monoisotopic (exact) mass is 211 g/mol. The number of thioether (sulfide) groups is 1. The van der Waals surface area contributed by atoms with Gasteiger partial charge in [-0.05, 0) is 36.0 Å². The Balaban J connectivity index is 2.68. The van der Waals surface area contributed by atoms with Crippen LogP contribution in [0.3, 0.4) is 0 Å². The molecule has 0 atom stereocenters. The van der Waals surface area contributed by atoms with E-state index in [-0.39, 0.29) is 11.5 Å². The van der Waals surface area contributed by atoms with Crippen LogP contribution in [0.25, 0.3) is 0 Å². The molecule has 0 bridgehead atoms. The summed E-state index contributed by atoms with van der Waals surface area (Å²) < 4.78 is 0. The van der Waals surface area contributed by atoms with Crippen molar-refractivity contribution in [1.82, 2.24) is 0 Å². The highest BCUT2D eigenvalue weighted by Crippen LogP contribution is 2.11. The zero-order chi connectivity index (χ0) is 9.68. The third-order valence-electron chi connectivity index (χ3n) is 1.43. The smallest absolute Gasteiger partial charge is 0.173 e. The number of Topliss-reactive ketones (excluding diaryl/α,β-unsaturated/α-hetero) is 1. The van der Waals surface area contributed by atoms with Crippen LogP contribution in [0.2, 0.25) is 5.02 Å². The maximum atomic E-state index is 11.3. The second-order valence-corrected chi connectivity index (χ2v) is 3.51. The summed E-state index contributed by atoms with van der Waals surface area (Å²) >= 11 is 6.59. The topological polar surface area (TPSA) is 40.9 Å². The van der Waals surface area contributed by atoms with Crippen molar-refractivity contribution in [2.75, 3.05) is 5.75 Å². The van der Waals surface area contributed by atoms with Gasteiger partial charge in [-0.15, -0.1) is 0 Å². The molecule has 0 aromatic heterocycles. The molecule has 1 rings (SSSR count). The van der Waals surface area contributed by atoms with E-state index >= 15 is 0 Å². The minimum atomic E-state index is -0.0526. The molecule has 0 heterocycles. The van der Waals surface area contributed by atoms with Gasteiger partial charge in [-0.25, -0.2) is 0 Å². The summed E-state index contributed by atoms with van der Waals surface area (Å²) in [6, 6.07) is 6.63. The van der Waals surface area contributed by atoms with E-state index in [0.29, 0.717) is 10.6 Å². The molecule has 0 amide bonds. The molecule has 1 aromatic rings. The average molecular weight is 212 g/mol. The Kier molecular flexibility index (Phi) is 3.81. The number of nitrogens with zero attached hydrogens (tertiary/aromatic N) is 1. The van der Waals surface area contributed by atoms with Crippen molar-refractivity contribution in [3.05, 3.63) is 34.9 Å². The summed E-state index contributed by atoms with van der Waals surface area (Å²) in [4.78, 5) is 11.3. The van der Waals surface area contributed by atoms with Crippen LogP contribution in [-0.2, 0) is 0 Å². The first-order chi connectivity index (χ1) is 6.24. The minimum Gasteiger partial charge on any atom is -0.293 e. The number of carbonyl (C=O) groups excluding carboxylic acids is 1. The Morgan fingerprint density at radius 1 is 1.46 bits per heavy atom. The predicted molar refractivity (Wildman–Crippen MR) is 53.9 cm³/mol. The number of thiocyanates is 1. The molecule has 0 saturated carbocycles. The lowest BCUT2D eigenvalue weighted by atomic mass is 10.1. The third kappa shape index (κ3) is 3.10. The predicted octanol–water partition coefficient (Wildman–Crippen LogP) is 2.74. The van der Waals surface area contributed by atoms with Gasteiger partial charge >= 0.3 is 0 Å². The highest BCUT2D eigenvalue weighted by atomic mass is 35.5. The first-order valence-corrected chi connectivity index (χ1v) is 4.90. The van der Waals surface area contributed by atoms with Crippen LogP contribution in [0.15, 0.2) is 24.3 Å². The molecule has 4 heteroatoms. The quantitative estimate of drug-likeness (QED) is 0.570. The van der Waals surface area contributed by atoms with Gasteiger partial charge in [0.25, 0.3) is 0 Å². The zero-order valence-corrected chi connectivity index (χ0v) is 8.23. The summed E-state index contributed by atoms with van der Waals surface area (Å²) in [5.74, 6) is 0.140. The fourth-order valence-electron chi connectivity index (χ4n) is 0.817. The van der Waals surface area contributed by atoms with E-state index in [1.54, 1.807) is 24.3 Å². The number of hydrogen-bond donors (Lipinski definition) is 0. The summed E-state index contributed by atoms with van der Waals surface area (Å²) in [7, 11) is 0. The number of hydrogen-bond acceptors (Lipinski definition) is 3. The van der Waals surface area contributed by atoms with E-state index in [1.165, 1.54) is 0 Å². The molecule has 0 spiro atoms. The Hall–Kier alpha value is -0.980. The molecular formula is C9H6ClNOS. The van der Waals surface area contributed by atoms with Crippen molar-refractivity contribution < 1.29 is 4.79 Å². The maximum absolute atomic E-state index is 11.3. The zero-order valence-electron chi connectivity index (χ0n) is 6.66. The van der Waals surface area contributed by atoms with E-state index in [1.807, 2.05) is 5.40 Å². The van der Waals surface area contributed by atoms with E-state index in [9.17, 15) is 4.79 Å². The summed E-state index contributed by atoms with van der Waals surface area (Å²) in [5, 5.41) is 10.7. The Morgan fingerprint density at radius 3 is 2.62 bits per heavy atom. The summed E-state index contributed by atoms with van der Waals surface area (Å²) in [6.45, 7) is 0. The van der Waals surface area contributed by atoms with Gasteiger partial charge in [0.05, 0.1) is 5.75 Å². The molecule has 2 nitrogen and oxygen atoms in total. The number of benzene rings is 1. The molecule has 0 radical (unpaired) electrons. The first-order valence-electron chi connectivity index (χ1n) is 3.53. The van der Waals surface area contributed by atoms with Crippen LogP contribution in [0.5, 0.6) is 0 Å². The lowest BCUT2D eigenvalue weighted by Gasteiger charge is -1.96. The molecule has 0 aliphatic rings. The Bertz CT molecular complexity index is 342. The van der Waals surface area contributed by atoms with Gasteiger partial charge in [-0.1, -0.05) is 11.6 Å². The molecule has 0 aliphatic carbocycles. The molecule has 13 heavy (non-hydrogen) atoms. The Morgan fingerprint density at radius 2 is 2.08 bits per heavy atom. The van der Waals surface area contributed by atoms with Crippen molar-refractivity contribution in [3.8, 4) is 5.40 Å². The highest BCUT2D eigenvalue weighted by molar-refractivity contribution is 8.04. The average Bonchev–Trinajstić information content (AvgIpc) is 2.15. The second kappa shape index (κ2) is 4.90. The molecule has 1 aromatic carbocycles. The molecule has 0 saturated heterocycles. The van der Waals surface area contributed by atoms with Gasteiger partial charge < -0.3 is 0 Å². The van der Waals surface area contributed by atoms with Gasteiger partial charge in [0.15, 0.2) is 5.78 Å². The number of rotatable bonds is 3. The van der Waals surface area contributed by atoms with Gasteiger partial charge in [0.2, 0.25) is 0 Å². The maximum Gasteiger partial charge on any atom is 0.173 e. The fourth-order valence-corrected chi connectivity index (χ4v) is 1.31. The Labute approximate surface area is 85.5 Å². The lowest BCUT2D eigenvalue weighted by Crippen LogP contribution is -2.00. The van der Waals surface area contributed by atoms with Crippen molar-refractivity contribution in [1.29, 1.82) is 5.26 Å². The largest absolute Gasteiger partial charge is 0.293 e. The van der Waals surface area contributed by atoms with Crippen molar-refractivity contribution in [3.63, 3.8) is 0 Å². The van der Waals surface area contributed by atoms with Crippen molar-refractivity contribution in [2.45, 2.75) is 0 Å². The van der Waals surface area contributed by atoms with E-state index in [4.69, 9.17) is 16.9 Å². The number of ketones is 1. The molecule has 0 aliphatic heterocycles. The third-order valence-corrected chi connectivity index (χ3v) is 2.22. The fraction of sp³-hybridized carbons (Fsp3) is 0.111. The number of nitriles is 1. The van der Waals surface area contributed by atoms with Gasteiger partial charge in [0, 0.05) is 10.6 Å². The molecular weight excluding hydrogens is 206 g/mol. The first kappa shape index (κ1) is 10.1. The molecule has 0 fully saturated rings. The van der Waals surface area contributed by atoms with Crippen LogP contribution in [0, 0.1) is 10.7 Å². The summed E-state index contributed by atoms with van der Waals surface area (Å²) in [6.07, 6.45) is 0. The standard InChI is InChI=1S/C9H6ClNOS/c10-8-3-1-7(2-4-8)9(12)5-13-6-11/h1-4H,5H2. The number of halogens is 1. The van der Waals surface area contributed by atoms with Crippen LogP contribution >= 0.6 is 23.4 Å². The van der Waals surface area contributed by atoms with Gasteiger partial charge in [0.1, 0.15) is 5.40 Å². The number of carbonyl (C=O) groups is 1. The second-order valence-electron chi connectivity index (χ2n) is 2.31. The van der Waals surface area contributed by atoms with E-state index in [0.717, 1.165) is 11.8 Å². The van der Waals surface area contributed by atoms with Crippen LogP contribution in [0.4, 0.5) is 0 Å². The van der Waals surface area contributed by atoms with Crippen LogP contribution in [-0.4, -0.2) is 11.5 Å². The lowest BCUT2D eigenvalue weighted by molar-refractivity contribution is 0.102. The normalized spacial score (nSPS) is 9.23. The van der Waals surface area contributed by atoms with Crippen LogP contribution < -0.4 is 0 Å². The molecule has 0 N–H and O–H groups in total. The minimum absolute atomic E-state index is 0.0526. The molecule has 0 unspecified atom stereocenters. The van der Waals surface area contributed by atoms with E-state index < -0.39 is 0 Å². The van der Waals surface area contributed by atoms with Crippen molar-refractivity contribution >= 4 is 29.1 Å². The van der Waals surface area contributed by atoms with E-state index in [2.05, 4.69) is 0 Å².